The van der Waals surface area contributed by atoms with E-state index in [0.717, 1.165) is 11.1 Å². The molecule has 1 aliphatic heterocycles. The number of nitrogens with one attached hydrogen (secondary N) is 4. The maximum absolute atomic E-state index is 13.9. The third-order valence-electron chi connectivity index (χ3n) is 8.78. The van der Waals surface area contributed by atoms with Crippen molar-refractivity contribution in [2.45, 2.75) is 95.4 Å². The van der Waals surface area contributed by atoms with Crippen LogP contribution in [0.4, 0.5) is 4.79 Å². The first-order valence-corrected chi connectivity index (χ1v) is 17.6. The van der Waals surface area contributed by atoms with Crippen LogP contribution in [0.15, 0.2) is 60.7 Å². The monoisotopic (exact) mass is 693 g/mol. The van der Waals surface area contributed by atoms with Gasteiger partial charge in [0, 0.05) is 38.0 Å². The molecule has 1 heterocycles. The number of alkyl carbamates (subject to hydrolysis) is 1. The maximum atomic E-state index is 13.9. The minimum atomic E-state index is -0.975. The number of nitrogens with zero attached hydrogens (tertiary/aromatic N) is 1. The van der Waals surface area contributed by atoms with Crippen molar-refractivity contribution in [2.75, 3.05) is 26.7 Å². The van der Waals surface area contributed by atoms with Gasteiger partial charge in [-0.15, -0.1) is 0 Å². The fraction of sp³-hybridized carbons (Fsp3) is 0.541. The van der Waals surface area contributed by atoms with Crippen molar-refractivity contribution in [2.24, 2.45) is 17.4 Å². The number of methoxy groups -OCH3 is 1. The van der Waals surface area contributed by atoms with E-state index >= 15 is 0 Å². The van der Waals surface area contributed by atoms with E-state index in [1.807, 2.05) is 74.5 Å². The van der Waals surface area contributed by atoms with Crippen LogP contribution in [0.2, 0.25) is 0 Å². The zero-order valence-corrected chi connectivity index (χ0v) is 29.6. The molecule has 0 saturated carbocycles. The first-order valence-electron chi connectivity index (χ1n) is 17.6. The molecule has 1 aliphatic rings. The summed E-state index contributed by atoms with van der Waals surface area (Å²) in [5, 5.41) is 11.4. The smallest absolute Gasteiger partial charge is 0.407 e. The summed E-state index contributed by atoms with van der Waals surface area (Å²) in [6.45, 7) is 5.17. The molecular formula is C37H55N7O6. The molecule has 5 amide bonds. The van der Waals surface area contributed by atoms with E-state index in [4.69, 9.17) is 16.2 Å². The molecule has 0 radical (unpaired) electrons. The summed E-state index contributed by atoms with van der Waals surface area (Å²) < 4.78 is 4.69. The van der Waals surface area contributed by atoms with Gasteiger partial charge in [-0.2, -0.15) is 0 Å². The van der Waals surface area contributed by atoms with Gasteiger partial charge in [0.15, 0.2) is 0 Å². The van der Waals surface area contributed by atoms with Gasteiger partial charge in [-0.05, 0) is 62.1 Å². The van der Waals surface area contributed by atoms with Crippen LogP contribution in [0.25, 0.3) is 0 Å². The van der Waals surface area contributed by atoms with Gasteiger partial charge in [-0.1, -0.05) is 74.5 Å². The first kappa shape index (κ1) is 39.9. The summed E-state index contributed by atoms with van der Waals surface area (Å²) in [6, 6.07) is 15.2. The second-order valence-electron chi connectivity index (χ2n) is 13.3. The molecule has 3 rings (SSSR count). The van der Waals surface area contributed by atoms with Crippen LogP contribution in [0, 0.1) is 5.92 Å². The van der Waals surface area contributed by atoms with Crippen LogP contribution >= 0.6 is 0 Å². The lowest BCUT2D eigenvalue weighted by molar-refractivity contribution is -0.138. The van der Waals surface area contributed by atoms with E-state index in [9.17, 15) is 24.0 Å². The Morgan fingerprint density at radius 1 is 0.840 bits per heavy atom. The highest BCUT2D eigenvalue weighted by Crippen LogP contribution is 2.16. The minimum Gasteiger partial charge on any atom is -0.453 e. The number of nitrogens with two attached hydrogens (primary N) is 2. The summed E-state index contributed by atoms with van der Waals surface area (Å²) >= 11 is 0. The number of benzene rings is 2. The topological polar surface area (TPSA) is 198 Å². The largest absolute Gasteiger partial charge is 0.453 e. The molecular weight excluding hydrogens is 638 g/mol. The highest BCUT2D eigenvalue weighted by molar-refractivity contribution is 5.94. The molecule has 8 N–H and O–H groups in total. The lowest BCUT2D eigenvalue weighted by atomic mass is 9.99. The third kappa shape index (κ3) is 13.4. The number of hydrogen-bond donors (Lipinski definition) is 6. The number of rotatable bonds is 18. The Hall–Kier alpha value is -4.49. The van der Waals surface area contributed by atoms with Gasteiger partial charge in [-0.3, -0.25) is 19.2 Å². The molecule has 1 unspecified atom stereocenters. The number of carbonyl (C=O) groups excluding carboxylic acids is 5. The van der Waals surface area contributed by atoms with Crippen molar-refractivity contribution in [1.29, 1.82) is 0 Å². The van der Waals surface area contributed by atoms with Crippen molar-refractivity contribution < 1.29 is 28.7 Å². The van der Waals surface area contributed by atoms with Crippen LogP contribution < -0.4 is 32.7 Å². The van der Waals surface area contributed by atoms with Crippen molar-refractivity contribution in [3.63, 3.8) is 0 Å². The molecule has 0 aromatic heterocycles. The Morgan fingerprint density at radius 2 is 1.44 bits per heavy atom. The van der Waals surface area contributed by atoms with E-state index in [1.165, 1.54) is 7.11 Å². The van der Waals surface area contributed by atoms with Gasteiger partial charge in [-0.25, -0.2) is 4.79 Å². The van der Waals surface area contributed by atoms with Crippen LogP contribution in [0.3, 0.4) is 0 Å². The molecule has 1 fully saturated rings. The molecule has 13 heteroatoms. The summed E-state index contributed by atoms with van der Waals surface area (Å²) in [5.74, 6) is -1.56. The first-order chi connectivity index (χ1) is 24.0. The van der Waals surface area contributed by atoms with Crippen molar-refractivity contribution >= 4 is 29.7 Å². The number of carbonyl (C=O) groups is 5. The number of likely N-dealkylation sites (tertiary alicyclic amines) is 1. The Balaban J connectivity index is 1.73. The summed E-state index contributed by atoms with van der Waals surface area (Å²) in [7, 11) is 1.31. The highest BCUT2D eigenvalue weighted by atomic mass is 16.5. The van der Waals surface area contributed by atoms with E-state index < -0.39 is 48.0 Å². The Morgan fingerprint density at radius 3 is 2.04 bits per heavy atom. The predicted octanol–water partition coefficient (Wildman–Crippen LogP) is 2.30. The van der Waals surface area contributed by atoms with E-state index in [2.05, 4.69) is 21.3 Å². The second kappa shape index (κ2) is 20.9. The van der Waals surface area contributed by atoms with Gasteiger partial charge < -0.3 is 42.4 Å². The van der Waals surface area contributed by atoms with Gasteiger partial charge >= 0.3 is 6.09 Å². The lowest BCUT2D eigenvalue weighted by Crippen LogP contribution is -2.58. The predicted molar refractivity (Wildman–Crippen MR) is 191 cm³/mol. The Labute approximate surface area is 295 Å². The molecule has 274 valence electrons. The zero-order valence-electron chi connectivity index (χ0n) is 29.6. The molecule has 2 aromatic carbocycles. The van der Waals surface area contributed by atoms with Gasteiger partial charge in [0.05, 0.1) is 7.11 Å². The lowest BCUT2D eigenvalue weighted by Gasteiger charge is -2.35. The number of ether oxygens (including phenoxy) is 1. The van der Waals surface area contributed by atoms with Gasteiger partial charge in [0.2, 0.25) is 23.6 Å². The molecule has 0 bridgehead atoms. The van der Waals surface area contributed by atoms with Crippen molar-refractivity contribution in [3.05, 3.63) is 71.8 Å². The average Bonchev–Trinajstić information content (AvgIpc) is 3.11. The average molecular weight is 694 g/mol. The third-order valence-corrected chi connectivity index (χ3v) is 8.78. The van der Waals surface area contributed by atoms with Crippen LogP contribution in [-0.2, 0) is 30.3 Å². The van der Waals surface area contributed by atoms with Crippen molar-refractivity contribution in [1.82, 2.24) is 26.2 Å². The molecule has 0 spiro atoms. The number of hydrogen-bond acceptors (Lipinski definition) is 8. The normalized spacial score (nSPS) is 15.7. The number of piperidine rings is 1. The van der Waals surface area contributed by atoms with Gasteiger partial charge in [0.1, 0.15) is 18.1 Å². The molecule has 2 aromatic rings. The van der Waals surface area contributed by atoms with Crippen LogP contribution in [0.5, 0.6) is 0 Å². The summed E-state index contributed by atoms with van der Waals surface area (Å²) in [5.41, 5.74) is 13.7. The van der Waals surface area contributed by atoms with Gasteiger partial charge in [0.25, 0.3) is 0 Å². The molecule has 13 nitrogen and oxygen atoms in total. The summed E-state index contributed by atoms with van der Waals surface area (Å²) in [6.07, 6.45) is 2.80. The standard InChI is InChI=1S/C37H55N7O6/c1-25(2)22-31(34(46)42-30(16-10-11-19-38)36(48)44-20-17-28(18-21-44)40-37(49)50-3)43-35(47)32(23-26-12-6-4-7-13-26)41-33(45)24-29(39)27-14-8-5-9-15-27/h4-9,12-15,25,28-32H,10-11,16-24,38-39H2,1-3H3,(H,40,49)(H,41,45)(H,42,46)(H,43,47)/t29?,30-,31-,32-/m1/s1. The quantitative estimate of drug-likeness (QED) is 0.128. The zero-order chi connectivity index (χ0) is 36.5. The molecule has 0 aliphatic carbocycles. The molecule has 1 saturated heterocycles. The minimum absolute atomic E-state index is 0.0267. The summed E-state index contributed by atoms with van der Waals surface area (Å²) in [4.78, 5) is 68.0. The maximum Gasteiger partial charge on any atom is 0.407 e. The Kier molecular flexibility index (Phi) is 16.7. The number of unbranched alkanes of at least 4 members (excludes halogenated alkanes) is 1. The van der Waals surface area contributed by atoms with E-state index in [-0.39, 0.29) is 30.7 Å². The van der Waals surface area contributed by atoms with E-state index in [0.29, 0.717) is 58.2 Å². The Bertz CT molecular complexity index is 1370. The molecule has 4 atom stereocenters. The van der Waals surface area contributed by atoms with Crippen LogP contribution in [0.1, 0.15) is 76.0 Å². The van der Waals surface area contributed by atoms with Crippen molar-refractivity contribution in [3.8, 4) is 0 Å². The van der Waals surface area contributed by atoms with E-state index in [1.54, 1.807) is 4.90 Å². The SMILES string of the molecule is COC(=O)NC1CCN(C(=O)[C@@H](CCCCN)NC(=O)[C@@H](CC(C)C)NC(=O)[C@@H](Cc2ccccc2)NC(=O)CC(N)c2ccccc2)CC1. The fourth-order valence-electron chi connectivity index (χ4n) is 6.02. The highest BCUT2D eigenvalue weighted by Gasteiger charge is 2.33. The number of amides is 5. The molecule has 50 heavy (non-hydrogen) atoms. The fourth-order valence-corrected chi connectivity index (χ4v) is 6.02. The second-order valence-corrected chi connectivity index (χ2v) is 13.3. The van der Waals surface area contributed by atoms with Crippen LogP contribution in [-0.4, -0.2) is 85.5 Å².